The third-order valence-electron chi connectivity index (χ3n) is 4.97. The van der Waals surface area contributed by atoms with Gasteiger partial charge in [0.1, 0.15) is 24.4 Å². The first-order valence-corrected chi connectivity index (χ1v) is 10.6. The highest BCUT2D eigenvalue weighted by atomic mass is 16.6. The van der Waals surface area contributed by atoms with E-state index in [4.69, 9.17) is 14.6 Å². The van der Waals surface area contributed by atoms with Crippen LogP contribution in [0.25, 0.3) is 0 Å². The molecular formula is C21H40O5. The number of aliphatic hydroxyl groups is 3. The van der Waals surface area contributed by atoms with Gasteiger partial charge in [0, 0.05) is 6.61 Å². The van der Waals surface area contributed by atoms with E-state index >= 15 is 0 Å². The molecule has 0 unspecified atom stereocenters. The third-order valence-corrected chi connectivity index (χ3v) is 4.97. The molecule has 1 rings (SSSR count). The van der Waals surface area contributed by atoms with Crippen molar-refractivity contribution < 1.29 is 24.8 Å². The molecule has 154 valence electrons. The highest BCUT2D eigenvalue weighted by molar-refractivity contribution is 4.88. The van der Waals surface area contributed by atoms with Gasteiger partial charge >= 0.3 is 0 Å². The summed E-state index contributed by atoms with van der Waals surface area (Å²) in [6.45, 7) is 2.68. The maximum Gasteiger partial charge on any atom is 0.114 e. The van der Waals surface area contributed by atoms with Crippen LogP contribution in [0.2, 0.25) is 0 Å². The van der Waals surface area contributed by atoms with Gasteiger partial charge in [-0.25, -0.2) is 0 Å². The Morgan fingerprint density at radius 3 is 2.27 bits per heavy atom. The van der Waals surface area contributed by atoms with Crippen LogP contribution < -0.4 is 0 Å². The topological polar surface area (TPSA) is 79.2 Å². The van der Waals surface area contributed by atoms with Gasteiger partial charge in [-0.15, -0.1) is 0 Å². The Kier molecular flexibility index (Phi) is 14.1. The van der Waals surface area contributed by atoms with Crippen LogP contribution in [-0.2, 0) is 9.47 Å². The molecule has 1 fully saturated rings. The lowest BCUT2D eigenvalue weighted by Crippen LogP contribution is -2.41. The minimum atomic E-state index is -1.06. The molecular weight excluding hydrogens is 332 g/mol. The van der Waals surface area contributed by atoms with Crippen LogP contribution in [0.5, 0.6) is 0 Å². The lowest BCUT2D eigenvalue weighted by Gasteiger charge is -2.20. The van der Waals surface area contributed by atoms with Crippen LogP contribution in [0.15, 0.2) is 12.2 Å². The monoisotopic (exact) mass is 372 g/mol. The molecule has 0 radical (unpaired) electrons. The van der Waals surface area contributed by atoms with Gasteiger partial charge in [0.2, 0.25) is 0 Å². The van der Waals surface area contributed by atoms with Gasteiger partial charge in [0.15, 0.2) is 0 Å². The summed E-state index contributed by atoms with van der Waals surface area (Å²) in [7, 11) is 0. The molecule has 3 N–H and O–H groups in total. The van der Waals surface area contributed by atoms with Gasteiger partial charge in [-0.2, -0.15) is 0 Å². The molecule has 0 saturated carbocycles. The highest BCUT2D eigenvalue weighted by Gasteiger charge is 2.40. The summed E-state index contributed by atoms with van der Waals surface area (Å²) in [5.41, 5.74) is 0. The van der Waals surface area contributed by atoms with Crippen molar-refractivity contribution >= 4 is 0 Å². The molecule has 26 heavy (non-hydrogen) atoms. The van der Waals surface area contributed by atoms with Crippen LogP contribution in [0, 0.1) is 0 Å². The predicted molar refractivity (Wildman–Crippen MR) is 104 cm³/mol. The van der Waals surface area contributed by atoms with Gasteiger partial charge in [0.25, 0.3) is 0 Å². The Morgan fingerprint density at radius 1 is 1.00 bits per heavy atom. The molecule has 0 bridgehead atoms. The van der Waals surface area contributed by atoms with E-state index in [0.717, 1.165) is 19.3 Å². The minimum absolute atomic E-state index is 0.265. The van der Waals surface area contributed by atoms with E-state index < -0.39 is 31.0 Å². The molecule has 0 aromatic rings. The van der Waals surface area contributed by atoms with E-state index in [9.17, 15) is 10.2 Å². The number of aliphatic hydroxyl groups excluding tert-OH is 3. The molecule has 1 aliphatic rings. The molecule has 0 spiro atoms. The summed E-state index contributed by atoms with van der Waals surface area (Å²) in [5.74, 6) is 0. The number of hydrogen-bond acceptors (Lipinski definition) is 5. The second-order valence-electron chi connectivity index (χ2n) is 7.32. The van der Waals surface area contributed by atoms with E-state index in [1.54, 1.807) is 0 Å². The Bertz CT molecular complexity index is 347. The molecule has 0 aromatic heterocycles. The second-order valence-corrected chi connectivity index (χ2v) is 7.32. The van der Waals surface area contributed by atoms with Crippen LogP contribution in [-0.4, -0.2) is 59.6 Å². The average molecular weight is 373 g/mol. The zero-order valence-electron chi connectivity index (χ0n) is 16.5. The first-order valence-electron chi connectivity index (χ1n) is 10.6. The minimum Gasteiger partial charge on any atom is -0.394 e. The Balaban J connectivity index is 1.90. The van der Waals surface area contributed by atoms with Crippen molar-refractivity contribution in [2.75, 3.05) is 19.8 Å². The van der Waals surface area contributed by atoms with Crippen molar-refractivity contribution in [3.05, 3.63) is 12.2 Å². The van der Waals surface area contributed by atoms with Crippen molar-refractivity contribution in [3.8, 4) is 0 Å². The Labute approximate surface area is 159 Å². The van der Waals surface area contributed by atoms with E-state index in [1.807, 2.05) is 0 Å². The third kappa shape index (κ3) is 10.0. The van der Waals surface area contributed by atoms with E-state index in [0.29, 0.717) is 6.61 Å². The first kappa shape index (κ1) is 23.6. The summed E-state index contributed by atoms with van der Waals surface area (Å²) in [6, 6.07) is 0. The van der Waals surface area contributed by atoms with E-state index in [1.165, 1.54) is 51.4 Å². The fraction of sp³-hybridized carbons (Fsp3) is 0.905. The van der Waals surface area contributed by atoms with E-state index in [-0.39, 0.29) is 6.61 Å². The largest absolute Gasteiger partial charge is 0.394 e. The maximum atomic E-state index is 10.0. The predicted octanol–water partition coefficient (Wildman–Crippen LogP) is 3.35. The van der Waals surface area contributed by atoms with Gasteiger partial charge in [-0.1, -0.05) is 57.6 Å². The maximum absolute atomic E-state index is 10.0. The standard InChI is InChI=1S/C21H40O5/c1-2-3-4-5-6-7-8-9-10-11-12-13-14-15-25-19-17-26-21(20(19)24)18(23)16-22/h10-11,18-24H,2-9,12-17H2,1H3/b11-10+/t18-,19+,20+,21+/m0/s1. The van der Waals surface area contributed by atoms with Gasteiger partial charge in [-0.3, -0.25) is 0 Å². The first-order chi connectivity index (χ1) is 12.7. The van der Waals surface area contributed by atoms with E-state index in [2.05, 4.69) is 19.1 Å². The average Bonchev–Trinajstić information content (AvgIpc) is 3.02. The quantitative estimate of drug-likeness (QED) is 0.286. The van der Waals surface area contributed by atoms with Gasteiger partial charge < -0.3 is 24.8 Å². The molecule has 4 atom stereocenters. The van der Waals surface area contributed by atoms with Crippen molar-refractivity contribution in [2.45, 2.75) is 102 Å². The SMILES string of the molecule is CCCCCCCCC/C=C/CCCCO[C@@H]1CO[C@H]([C@@H](O)CO)[C@@H]1O. The van der Waals surface area contributed by atoms with Gasteiger partial charge in [0.05, 0.1) is 13.2 Å². The number of rotatable bonds is 16. The summed E-state index contributed by atoms with van der Waals surface area (Å²) >= 11 is 0. The number of ether oxygens (including phenoxy) is 2. The molecule has 5 nitrogen and oxygen atoms in total. The second kappa shape index (κ2) is 15.6. The molecule has 1 saturated heterocycles. The highest BCUT2D eigenvalue weighted by Crippen LogP contribution is 2.20. The zero-order chi connectivity index (χ0) is 19.0. The summed E-state index contributed by atoms with van der Waals surface area (Å²) in [5, 5.41) is 28.5. The molecule has 0 aromatic carbocycles. The summed E-state index contributed by atoms with van der Waals surface area (Å²) < 4.78 is 11.0. The van der Waals surface area contributed by atoms with Crippen LogP contribution in [0.4, 0.5) is 0 Å². The number of allylic oxidation sites excluding steroid dienone is 2. The summed E-state index contributed by atoms with van der Waals surface area (Å²) in [4.78, 5) is 0. The van der Waals surface area contributed by atoms with Crippen molar-refractivity contribution in [1.82, 2.24) is 0 Å². The number of hydrogen-bond donors (Lipinski definition) is 3. The lowest BCUT2D eigenvalue weighted by atomic mass is 10.1. The van der Waals surface area contributed by atoms with Crippen LogP contribution >= 0.6 is 0 Å². The zero-order valence-corrected chi connectivity index (χ0v) is 16.5. The fourth-order valence-corrected chi connectivity index (χ4v) is 3.26. The van der Waals surface area contributed by atoms with Crippen molar-refractivity contribution in [1.29, 1.82) is 0 Å². The van der Waals surface area contributed by atoms with Crippen molar-refractivity contribution in [2.24, 2.45) is 0 Å². The molecule has 1 heterocycles. The molecule has 0 amide bonds. The van der Waals surface area contributed by atoms with Crippen LogP contribution in [0.3, 0.4) is 0 Å². The lowest BCUT2D eigenvalue weighted by molar-refractivity contribution is -0.0730. The smallest absolute Gasteiger partial charge is 0.114 e. The van der Waals surface area contributed by atoms with Crippen molar-refractivity contribution in [3.63, 3.8) is 0 Å². The van der Waals surface area contributed by atoms with Crippen LogP contribution in [0.1, 0.15) is 77.6 Å². The molecule has 5 heteroatoms. The fourth-order valence-electron chi connectivity index (χ4n) is 3.26. The van der Waals surface area contributed by atoms with Gasteiger partial charge in [-0.05, 0) is 32.1 Å². The Hall–Kier alpha value is -0.460. The molecule has 0 aliphatic carbocycles. The molecule has 1 aliphatic heterocycles. The Morgan fingerprint density at radius 2 is 1.62 bits per heavy atom. The summed E-state index contributed by atoms with van der Waals surface area (Å²) in [6.07, 6.45) is 15.2. The number of unbranched alkanes of at least 4 members (excludes halogenated alkanes) is 9. The normalized spacial score (nSPS) is 24.5.